The zero-order valence-corrected chi connectivity index (χ0v) is 16.2. The number of hydrogen-bond acceptors (Lipinski definition) is 4. The van der Waals surface area contributed by atoms with Gasteiger partial charge in [-0.25, -0.2) is 4.98 Å². The molecule has 1 heterocycles. The molecule has 1 amide bonds. The van der Waals surface area contributed by atoms with Crippen LogP contribution in [-0.2, 0) is 4.79 Å². The quantitative estimate of drug-likeness (QED) is 0.671. The van der Waals surface area contributed by atoms with Gasteiger partial charge in [0.05, 0.1) is 10.3 Å². The van der Waals surface area contributed by atoms with Crippen molar-refractivity contribution in [3.63, 3.8) is 0 Å². The molecule has 0 aliphatic carbocycles. The molecule has 2 atom stereocenters. The SMILES string of the molecule is CC[C@@H](C)Sc1ccc(NC(=O)[C@H](C)Sc2ccccn2)c(C)c1. The minimum atomic E-state index is -0.200. The summed E-state index contributed by atoms with van der Waals surface area (Å²) in [6.07, 6.45) is 2.88. The lowest BCUT2D eigenvalue weighted by atomic mass is 10.2. The van der Waals surface area contributed by atoms with E-state index < -0.39 is 0 Å². The van der Waals surface area contributed by atoms with Crippen LogP contribution >= 0.6 is 23.5 Å². The van der Waals surface area contributed by atoms with E-state index in [1.807, 2.05) is 49.9 Å². The summed E-state index contributed by atoms with van der Waals surface area (Å²) in [5.74, 6) is -0.00363. The number of benzene rings is 1. The number of nitrogens with zero attached hydrogens (tertiary/aromatic N) is 1. The van der Waals surface area contributed by atoms with Gasteiger partial charge in [-0.3, -0.25) is 4.79 Å². The molecule has 24 heavy (non-hydrogen) atoms. The molecular formula is C19H24N2OS2. The van der Waals surface area contributed by atoms with Gasteiger partial charge in [-0.15, -0.1) is 11.8 Å². The Bertz CT molecular complexity index is 676. The van der Waals surface area contributed by atoms with Crippen LogP contribution in [0, 0.1) is 6.92 Å². The minimum absolute atomic E-state index is 0.00363. The van der Waals surface area contributed by atoms with Crippen molar-refractivity contribution in [2.24, 2.45) is 0 Å². The van der Waals surface area contributed by atoms with Crippen molar-refractivity contribution in [1.82, 2.24) is 4.98 Å². The third-order valence-corrected chi connectivity index (χ3v) is 5.98. The topological polar surface area (TPSA) is 42.0 Å². The van der Waals surface area contributed by atoms with Crippen LogP contribution in [0.25, 0.3) is 0 Å². The fraction of sp³-hybridized carbons (Fsp3) is 0.368. The van der Waals surface area contributed by atoms with Crippen molar-refractivity contribution >= 4 is 35.1 Å². The predicted molar refractivity (Wildman–Crippen MR) is 105 cm³/mol. The third-order valence-electron chi connectivity index (χ3n) is 3.67. The Morgan fingerprint density at radius 1 is 1.21 bits per heavy atom. The van der Waals surface area contributed by atoms with E-state index in [2.05, 4.69) is 36.3 Å². The molecule has 2 rings (SSSR count). The number of carbonyl (C=O) groups excluding carboxylic acids is 1. The first kappa shape index (κ1) is 18.9. The van der Waals surface area contributed by atoms with Crippen LogP contribution in [0.3, 0.4) is 0 Å². The van der Waals surface area contributed by atoms with Crippen LogP contribution in [0.4, 0.5) is 5.69 Å². The van der Waals surface area contributed by atoms with E-state index in [0.717, 1.165) is 22.7 Å². The largest absolute Gasteiger partial charge is 0.325 e. The van der Waals surface area contributed by atoms with E-state index in [1.165, 1.54) is 16.7 Å². The van der Waals surface area contributed by atoms with Gasteiger partial charge in [-0.2, -0.15) is 0 Å². The average Bonchev–Trinajstić information content (AvgIpc) is 2.58. The molecule has 0 aliphatic heterocycles. The van der Waals surface area contributed by atoms with Crippen molar-refractivity contribution in [3.05, 3.63) is 48.2 Å². The van der Waals surface area contributed by atoms with Crippen LogP contribution in [0.5, 0.6) is 0 Å². The molecule has 3 nitrogen and oxygen atoms in total. The average molecular weight is 361 g/mol. The number of thioether (sulfide) groups is 2. The van der Waals surface area contributed by atoms with Gasteiger partial charge in [0.25, 0.3) is 0 Å². The van der Waals surface area contributed by atoms with E-state index >= 15 is 0 Å². The molecule has 0 aliphatic rings. The summed E-state index contributed by atoms with van der Waals surface area (Å²) in [7, 11) is 0. The first-order chi connectivity index (χ1) is 11.5. The Hall–Kier alpha value is -1.46. The van der Waals surface area contributed by atoms with Crippen LogP contribution in [0.2, 0.25) is 0 Å². The fourth-order valence-corrected chi connectivity index (χ4v) is 3.88. The molecule has 0 fully saturated rings. The minimum Gasteiger partial charge on any atom is -0.325 e. The Labute approximate surface area is 153 Å². The summed E-state index contributed by atoms with van der Waals surface area (Å²) in [6.45, 7) is 8.36. The number of hydrogen-bond donors (Lipinski definition) is 1. The number of nitrogens with one attached hydrogen (secondary N) is 1. The fourth-order valence-electron chi connectivity index (χ4n) is 2.05. The molecule has 128 valence electrons. The molecule has 0 radical (unpaired) electrons. The maximum Gasteiger partial charge on any atom is 0.237 e. The van der Waals surface area contributed by atoms with Gasteiger partial charge in [0.15, 0.2) is 0 Å². The molecule has 0 saturated carbocycles. The molecule has 1 N–H and O–H groups in total. The smallest absolute Gasteiger partial charge is 0.237 e. The lowest BCUT2D eigenvalue weighted by molar-refractivity contribution is -0.115. The van der Waals surface area contributed by atoms with Crippen molar-refractivity contribution in [3.8, 4) is 0 Å². The second kappa shape index (κ2) is 9.14. The van der Waals surface area contributed by atoms with Crippen molar-refractivity contribution in [1.29, 1.82) is 0 Å². The second-order valence-electron chi connectivity index (χ2n) is 5.73. The zero-order valence-electron chi connectivity index (χ0n) is 14.6. The molecule has 5 heteroatoms. The summed E-state index contributed by atoms with van der Waals surface area (Å²) in [5, 5.41) is 4.28. The first-order valence-corrected chi connectivity index (χ1v) is 9.91. The normalized spacial score (nSPS) is 13.3. The standard InChI is InChI=1S/C19H24N2OS2/c1-5-14(3)23-16-9-10-17(13(2)12-16)21-19(22)15(4)24-18-8-6-7-11-20-18/h6-12,14-15H,5H2,1-4H3,(H,21,22)/t14-,15+/m1/s1. The molecule has 0 saturated heterocycles. The van der Waals surface area contributed by atoms with E-state index in [4.69, 9.17) is 0 Å². The summed E-state index contributed by atoms with van der Waals surface area (Å²) < 4.78 is 0. The monoisotopic (exact) mass is 360 g/mol. The highest BCUT2D eigenvalue weighted by atomic mass is 32.2. The molecule has 0 spiro atoms. The van der Waals surface area contributed by atoms with Crippen molar-refractivity contribution in [2.75, 3.05) is 5.32 Å². The maximum atomic E-state index is 12.4. The lowest BCUT2D eigenvalue weighted by Gasteiger charge is -2.15. The molecule has 1 aromatic carbocycles. The Morgan fingerprint density at radius 3 is 2.62 bits per heavy atom. The second-order valence-corrected chi connectivity index (χ2v) is 8.60. The Balaban J connectivity index is 1.98. The third kappa shape index (κ3) is 5.56. The van der Waals surface area contributed by atoms with Gasteiger partial charge in [0.1, 0.15) is 0 Å². The van der Waals surface area contributed by atoms with Gasteiger partial charge in [0, 0.05) is 22.0 Å². The maximum absolute atomic E-state index is 12.4. The van der Waals surface area contributed by atoms with Crippen LogP contribution in [-0.4, -0.2) is 21.4 Å². The summed E-state index contributed by atoms with van der Waals surface area (Å²) in [4.78, 5) is 17.9. The van der Waals surface area contributed by atoms with Gasteiger partial charge in [-0.05, 0) is 56.2 Å². The molecule has 1 aromatic heterocycles. The summed E-state index contributed by atoms with van der Waals surface area (Å²) in [5.41, 5.74) is 1.97. The number of aryl methyl sites for hydroxylation is 1. The van der Waals surface area contributed by atoms with Crippen LogP contribution in [0.15, 0.2) is 52.5 Å². The number of aromatic nitrogens is 1. The van der Waals surface area contributed by atoms with E-state index in [-0.39, 0.29) is 11.2 Å². The Kier molecular flexibility index (Phi) is 7.18. The molecule has 2 aromatic rings. The molecule has 0 bridgehead atoms. The van der Waals surface area contributed by atoms with E-state index in [0.29, 0.717) is 5.25 Å². The van der Waals surface area contributed by atoms with E-state index in [9.17, 15) is 4.79 Å². The Morgan fingerprint density at radius 2 is 2.00 bits per heavy atom. The highest BCUT2D eigenvalue weighted by molar-refractivity contribution is 8.00. The first-order valence-electron chi connectivity index (χ1n) is 8.15. The van der Waals surface area contributed by atoms with Crippen LogP contribution in [0.1, 0.15) is 32.8 Å². The molecular weight excluding hydrogens is 336 g/mol. The van der Waals surface area contributed by atoms with Gasteiger partial charge in [-0.1, -0.05) is 31.7 Å². The van der Waals surface area contributed by atoms with Crippen molar-refractivity contribution < 1.29 is 4.79 Å². The highest BCUT2D eigenvalue weighted by Crippen LogP contribution is 2.29. The molecule has 0 unspecified atom stereocenters. The van der Waals surface area contributed by atoms with Gasteiger partial charge >= 0.3 is 0 Å². The number of anilines is 1. The predicted octanol–water partition coefficient (Wildman–Crippen LogP) is 5.40. The highest BCUT2D eigenvalue weighted by Gasteiger charge is 2.16. The lowest BCUT2D eigenvalue weighted by Crippen LogP contribution is -2.22. The summed E-state index contributed by atoms with van der Waals surface area (Å²) >= 11 is 3.33. The van der Waals surface area contributed by atoms with Gasteiger partial charge < -0.3 is 5.32 Å². The number of rotatable bonds is 7. The number of amides is 1. The summed E-state index contributed by atoms with van der Waals surface area (Å²) in [6, 6.07) is 11.9. The number of pyridine rings is 1. The van der Waals surface area contributed by atoms with Crippen molar-refractivity contribution in [2.45, 2.75) is 54.5 Å². The zero-order chi connectivity index (χ0) is 17.5. The van der Waals surface area contributed by atoms with E-state index in [1.54, 1.807) is 6.20 Å². The van der Waals surface area contributed by atoms with Crippen LogP contribution < -0.4 is 5.32 Å². The number of carbonyl (C=O) groups is 1. The van der Waals surface area contributed by atoms with Gasteiger partial charge in [0.2, 0.25) is 5.91 Å².